The minimum Gasteiger partial charge on any atom is -0.376 e. The third kappa shape index (κ3) is 4.97. The summed E-state index contributed by atoms with van der Waals surface area (Å²) in [7, 11) is 0. The van der Waals surface area contributed by atoms with Crippen LogP contribution in [0.3, 0.4) is 0 Å². The number of H-pyrrole nitrogens is 1. The molecule has 0 bridgehead atoms. The van der Waals surface area contributed by atoms with Gasteiger partial charge in [-0.05, 0) is 54.8 Å². The number of rotatable bonds is 6. The van der Waals surface area contributed by atoms with Gasteiger partial charge in [0.1, 0.15) is 0 Å². The monoisotopic (exact) mass is 419 g/mol. The van der Waals surface area contributed by atoms with E-state index in [-0.39, 0.29) is 24.2 Å². The number of urea groups is 1. The largest absolute Gasteiger partial charge is 0.376 e. The lowest BCUT2D eigenvalue weighted by atomic mass is 10.0. The Morgan fingerprint density at radius 3 is 2.74 bits per heavy atom. The molecule has 1 aliphatic rings. The number of carbonyl (C=O) groups is 1. The maximum absolute atomic E-state index is 13.0. The average Bonchev–Trinajstić information content (AvgIpc) is 3.29. The van der Waals surface area contributed by atoms with Crippen molar-refractivity contribution in [3.05, 3.63) is 81.1 Å². The first-order valence-corrected chi connectivity index (χ1v) is 10.8. The number of hydrogen-bond acceptors (Lipinski definition) is 3. The molecule has 4 rings (SSSR count). The Kier molecular flexibility index (Phi) is 6.37. The molecule has 1 saturated heterocycles. The predicted octanol–water partition coefficient (Wildman–Crippen LogP) is 4.04. The molecule has 1 aliphatic heterocycles. The van der Waals surface area contributed by atoms with E-state index in [4.69, 9.17) is 4.74 Å². The fourth-order valence-corrected chi connectivity index (χ4v) is 4.03. The average molecular weight is 420 g/mol. The van der Waals surface area contributed by atoms with Crippen LogP contribution in [0.1, 0.15) is 35.1 Å². The van der Waals surface area contributed by atoms with Crippen molar-refractivity contribution in [1.82, 2.24) is 15.2 Å². The topological polar surface area (TPSA) is 74.4 Å². The zero-order valence-electron chi connectivity index (χ0n) is 18.1. The highest BCUT2D eigenvalue weighted by atomic mass is 16.5. The van der Waals surface area contributed by atoms with Crippen LogP contribution in [-0.4, -0.2) is 35.2 Å². The Balaban J connectivity index is 1.56. The lowest BCUT2D eigenvalue weighted by molar-refractivity contribution is 0.0793. The molecular weight excluding hydrogens is 390 g/mol. The summed E-state index contributed by atoms with van der Waals surface area (Å²) in [4.78, 5) is 30.6. The van der Waals surface area contributed by atoms with Gasteiger partial charge in [-0.2, -0.15) is 0 Å². The van der Waals surface area contributed by atoms with Crippen molar-refractivity contribution in [2.45, 2.75) is 45.9 Å². The Morgan fingerprint density at radius 1 is 1.19 bits per heavy atom. The molecule has 1 fully saturated rings. The van der Waals surface area contributed by atoms with Crippen LogP contribution in [0.25, 0.3) is 10.9 Å². The summed E-state index contributed by atoms with van der Waals surface area (Å²) < 4.78 is 5.76. The Bertz CT molecular complexity index is 1120. The number of fused-ring (bicyclic) bond motifs is 1. The summed E-state index contributed by atoms with van der Waals surface area (Å²) in [6.45, 7) is 5.90. The van der Waals surface area contributed by atoms with Gasteiger partial charge in [-0.1, -0.05) is 42.5 Å². The molecule has 2 N–H and O–H groups in total. The van der Waals surface area contributed by atoms with Gasteiger partial charge in [0.05, 0.1) is 18.2 Å². The second-order valence-electron chi connectivity index (χ2n) is 8.26. The number of aromatic amines is 1. The molecule has 3 aromatic rings. The Hall–Kier alpha value is -3.12. The van der Waals surface area contributed by atoms with Gasteiger partial charge in [0, 0.05) is 25.3 Å². The minimum atomic E-state index is -0.195. The van der Waals surface area contributed by atoms with Gasteiger partial charge in [0.25, 0.3) is 5.56 Å². The molecule has 1 aromatic heterocycles. The van der Waals surface area contributed by atoms with Gasteiger partial charge in [-0.3, -0.25) is 4.79 Å². The number of nitrogens with zero attached hydrogens (tertiary/aromatic N) is 1. The molecule has 6 nitrogen and oxygen atoms in total. The molecule has 31 heavy (non-hydrogen) atoms. The van der Waals surface area contributed by atoms with Crippen LogP contribution in [0.4, 0.5) is 4.79 Å². The van der Waals surface area contributed by atoms with E-state index in [9.17, 15) is 9.59 Å². The lowest BCUT2D eigenvalue weighted by Gasteiger charge is -2.26. The summed E-state index contributed by atoms with van der Waals surface area (Å²) in [5, 5.41) is 3.96. The molecule has 0 aliphatic carbocycles. The van der Waals surface area contributed by atoms with Crippen LogP contribution in [0, 0.1) is 13.8 Å². The van der Waals surface area contributed by atoms with E-state index >= 15 is 0 Å². The number of nitrogens with one attached hydrogen (secondary N) is 2. The van der Waals surface area contributed by atoms with E-state index in [2.05, 4.69) is 16.4 Å². The molecule has 0 spiro atoms. The molecule has 0 saturated carbocycles. The van der Waals surface area contributed by atoms with E-state index in [0.29, 0.717) is 18.7 Å². The third-order valence-electron chi connectivity index (χ3n) is 6.01. The molecule has 1 atom stereocenters. The molecular formula is C25H29N3O3. The SMILES string of the molecule is Cc1ccc2cc(CN(C[C@H]3CCCO3)C(=O)NCc3ccccc3)c(=O)[nH]c2c1C. The van der Waals surface area contributed by atoms with E-state index in [1.54, 1.807) is 4.90 Å². The molecule has 2 amide bonds. The van der Waals surface area contributed by atoms with E-state index < -0.39 is 0 Å². The summed E-state index contributed by atoms with van der Waals surface area (Å²) in [6.07, 6.45) is 1.93. The smallest absolute Gasteiger partial charge is 0.318 e. The number of carbonyl (C=O) groups excluding carboxylic acids is 1. The number of benzene rings is 2. The maximum atomic E-state index is 13.0. The quantitative estimate of drug-likeness (QED) is 0.633. The highest BCUT2D eigenvalue weighted by Gasteiger charge is 2.23. The molecule has 2 heterocycles. The van der Waals surface area contributed by atoms with Crippen LogP contribution < -0.4 is 10.9 Å². The van der Waals surface area contributed by atoms with Gasteiger partial charge >= 0.3 is 6.03 Å². The zero-order valence-corrected chi connectivity index (χ0v) is 18.1. The Labute approximate surface area is 182 Å². The number of amides is 2. The molecule has 2 aromatic carbocycles. The number of aryl methyl sites for hydroxylation is 2. The standard InChI is InChI=1S/C25H29N3O3/c1-17-10-11-20-13-21(24(29)27-23(20)18(17)2)15-28(16-22-9-6-12-31-22)25(30)26-14-19-7-4-3-5-8-19/h3-5,7-8,10-11,13,22H,6,9,12,14-16H2,1-2H3,(H,26,30)(H,27,29)/t22-/m1/s1. The fourth-order valence-electron chi connectivity index (χ4n) is 4.03. The van der Waals surface area contributed by atoms with Crippen molar-refractivity contribution in [2.24, 2.45) is 0 Å². The summed E-state index contributed by atoms with van der Waals surface area (Å²) in [5.74, 6) is 0. The lowest BCUT2D eigenvalue weighted by Crippen LogP contribution is -2.43. The van der Waals surface area contributed by atoms with Gasteiger partial charge in [0.15, 0.2) is 0 Å². The normalized spacial score (nSPS) is 15.9. The van der Waals surface area contributed by atoms with Crippen molar-refractivity contribution >= 4 is 16.9 Å². The van der Waals surface area contributed by atoms with Crippen molar-refractivity contribution < 1.29 is 9.53 Å². The first kappa shape index (κ1) is 21.1. The van der Waals surface area contributed by atoms with Gasteiger partial charge in [-0.25, -0.2) is 4.79 Å². The van der Waals surface area contributed by atoms with Crippen LogP contribution in [0.15, 0.2) is 53.3 Å². The third-order valence-corrected chi connectivity index (χ3v) is 6.01. The van der Waals surface area contributed by atoms with Crippen LogP contribution in [-0.2, 0) is 17.8 Å². The number of ether oxygens (including phenoxy) is 1. The molecule has 162 valence electrons. The molecule has 0 radical (unpaired) electrons. The highest BCUT2D eigenvalue weighted by molar-refractivity contribution is 5.83. The summed E-state index contributed by atoms with van der Waals surface area (Å²) >= 11 is 0. The maximum Gasteiger partial charge on any atom is 0.318 e. The van der Waals surface area contributed by atoms with Crippen molar-refractivity contribution in [2.75, 3.05) is 13.2 Å². The van der Waals surface area contributed by atoms with Gasteiger partial charge in [0.2, 0.25) is 0 Å². The summed E-state index contributed by atoms with van der Waals surface area (Å²) in [5.41, 5.74) is 4.50. The number of hydrogen-bond donors (Lipinski definition) is 2. The number of aromatic nitrogens is 1. The van der Waals surface area contributed by atoms with Crippen molar-refractivity contribution in [1.29, 1.82) is 0 Å². The van der Waals surface area contributed by atoms with Crippen molar-refractivity contribution in [3.63, 3.8) is 0 Å². The first-order valence-electron chi connectivity index (χ1n) is 10.8. The predicted molar refractivity (Wildman–Crippen MR) is 122 cm³/mol. The minimum absolute atomic E-state index is 0.00640. The highest BCUT2D eigenvalue weighted by Crippen LogP contribution is 2.20. The summed E-state index contributed by atoms with van der Waals surface area (Å²) in [6, 6.07) is 15.6. The number of pyridine rings is 1. The van der Waals surface area contributed by atoms with Crippen LogP contribution >= 0.6 is 0 Å². The van der Waals surface area contributed by atoms with Crippen LogP contribution in [0.5, 0.6) is 0 Å². The van der Waals surface area contributed by atoms with E-state index in [1.165, 1.54) is 0 Å². The molecule has 6 heteroatoms. The van der Waals surface area contributed by atoms with Crippen molar-refractivity contribution in [3.8, 4) is 0 Å². The first-order chi connectivity index (χ1) is 15.0. The molecule has 0 unspecified atom stereocenters. The zero-order chi connectivity index (χ0) is 21.8. The van der Waals surface area contributed by atoms with Crippen LogP contribution in [0.2, 0.25) is 0 Å². The fraction of sp³-hybridized carbons (Fsp3) is 0.360. The Morgan fingerprint density at radius 2 is 2.00 bits per heavy atom. The van der Waals surface area contributed by atoms with E-state index in [1.807, 2.05) is 56.3 Å². The van der Waals surface area contributed by atoms with E-state index in [0.717, 1.165) is 47.0 Å². The van der Waals surface area contributed by atoms with Gasteiger partial charge in [-0.15, -0.1) is 0 Å². The second-order valence-corrected chi connectivity index (χ2v) is 8.26. The van der Waals surface area contributed by atoms with Gasteiger partial charge < -0.3 is 19.9 Å². The second kappa shape index (κ2) is 9.35.